The van der Waals surface area contributed by atoms with E-state index in [0.29, 0.717) is 0 Å². The number of pyridine rings is 1. The molecule has 0 bridgehead atoms. The molecular formula is C15H26N2. The van der Waals surface area contributed by atoms with Gasteiger partial charge in [0.2, 0.25) is 0 Å². The first-order chi connectivity index (χ1) is 8.43. The molecule has 0 unspecified atom stereocenters. The number of hydrogen-bond acceptors (Lipinski definition) is 2. The van der Waals surface area contributed by atoms with Gasteiger partial charge in [0.05, 0.1) is 0 Å². The van der Waals surface area contributed by atoms with E-state index >= 15 is 0 Å². The number of unbranched alkanes of at least 4 members (excludes halogenated alkanes) is 7. The van der Waals surface area contributed by atoms with E-state index in [4.69, 9.17) is 5.73 Å². The second kappa shape index (κ2) is 10.3. The number of aromatic nitrogens is 1. The van der Waals surface area contributed by atoms with Crippen LogP contribution in [0.3, 0.4) is 0 Å². The summed E-state index contributed by atoms with van der Waals surface area (Å²) in [7, 11) is 0. The largest absolute Gasteiger partial charge is 0.330 e. The van der Waals surface area contributed by atoms with Crippen molar-refractivity contribution in [1.82, 2.24) is 4.98 Å². The third-order valence-corrected chi connectivity index (χ3v) is 3.14. The van der Waals surface area contributed by atoms with Crippen LogP contribution in [-0.4, -0.2) is 11.5 Å². The summed E-state index contributed by atoms with van der Waals surface area (Å²) < 4.78 is 0. The van der Waals surface area contributed by atoms with Crippen molar-refractivity contribution in [3.63, 3.8) is 0 Å². The van der Waals surface area contributed by atoms with Gasteiger partial charge in [-0.1, -0.05) is 44.6 Å². The van der Waals surface area contributed by atoms with Gasteiger partial charge in [-0.25, -0.2) is 0 Å². The lowest BCUT2D eigenvalue weighted by atomic mass is 10.1. The molecule has 2 nitrogen and oxygen atoms in total. The molecule has 0 saturated carbocycles. The van der Waals surface area contributed by atoms with Crippen molar-refractivity contribution >= 4 is 0 Å². The van der Waals surface area contributed by atoms with Crippen LogP contribution in [0, 0.1) is 0 Å². The van der Waals surface area contributed by atoms with Gasteiger partial charge in [-0.3, -0.25) is 4.98 Å². The summed E-state index contributed by atoms with van der Waals surface area (Å²) in [6.07, 6.45) is 15.7. The van der Waals surface area contributed by atoms with Crippen LogP contribution < -0.4 is 5.73 Å². The molecule has 0 aliphatic heterocycles. The van der Waals surface area contributed by atoms with Crippen LogP contribution >= 0.6 is 0 Å². The normalized spacial score (nSPS) is 10.6. The zero-order valence-corrected chi connectivity index (χ0v) is 10.9. The fourth-order valence-electron chi connectivity index (χ4n) is 2.08. The van der Waals surface area contributed by atoms with Crippen LogP contribution in [0.1, 0.15) is 56.9 Å². The molecule has 1 aromatic rings. The SMILES string of the molecule is NCCCCCCCCCCc1cccnc1. The Morgan fingerprint density at radius 3 is 2.12 bits per heavy atom. The number of hydrogen-bond donors (Lipinski definition) is 1. The lowest BCUT2D eigenvalue weighted by Crippen LogP contribution is -1.97. The minimum Gasteiger partial charge on any atom is -0.330 e. The number of nitrogens with zero attached hydrogens (tertiary/aromatic N) is 1. The first-order valence-electron chi connectivity index (χ1n) is 7.02. The average molecular weight is 234 g/mol. The maximum Gasteiger partial charge on any atom is 0.0299 e. The molecule has 0 aliphatic carbocycles. The Kier molecular flexibility index (Phi) is 8.57. The topological polar surface area (TPSA) is 38.9 Å². The van der Waals surface area contributed by atoms with Crippen LogP contribution in [0.5, 0.6) is 0 Å². The molecule has 0 atom stereocenters. The molecule has 17 heavy (non-hydrogen) atoms. The van der Waals surface area contributed by atoms with Gasteiger partial charge in [0.1, 0.15) is 0 Å². The van der Waals surface area contributed by atoms with E-state index in [1.807, 2.05) is 18.5 Å². The van der Waals surface area contributed by atoms with Gasteiger partial charge < -0.3 is 5.73 Å². The lowest BCUT2D eigenvalue weighted by molar-refractivity contribution is 0.570. The van der Waals surface area contributed by atoms with Crippen molar-refractivity contribution in [3.05, 3.63) is 30.1 Å². The molecule has 2 heteroatoms. The molecule has 1 rings (SSSR count). The summed E-state index contributed by atoms with van der Waals surface area (Å²) >= 11 is 0. The molecule has 0 amide bonds. The lowest BCUT2D eigenvalue weighted by Gasteiger charge is -2.02. The maximum absolute atomic E-state index is 5.46. The standard InChI is InChI=1S/C15H26N2/c16-12-8-6-4-2-1-3-5-7-10-15-11-9-13-17-14-15/h9,11,13-14H,1-8,10,12,16H2. The van der Waals surface area contributed by atoms with Gasteiger partial charge in [0.15, 0.2) is 0 Å². The van der Waals surface area contributed by atoms with Crippen molar-refractivity contribution in [2.75, 3.05) is 6.54 Å². The van der Waals surface area contributed by atoms with Crippen molar-refractivity contribution < 1.29 is 0 Å². The molecule has 0 aliphatic rings. The van der Waals surface area contributed by atoms with Crippen LogP contribution in [-0.2, 0) is 6.42 Å². The third kappa shape index (κ3) is 7.92. The molecule has 0 spiro atoms. The summed E-state index contributed by atoms with van der Waals surface area (Å²) in [5.41, 5.74) is 6.83. The summed E-state index contributed by atoms with van der Waals surface area (Å²) in [4.78, 5) is 4.13. The minimum absolute atomic E-state index is 0.852. The maximum atomic E-state index is 5.46. The summed E-state index contributed by atoms with van der Waals surface area (Å²) in [5, 5.41) is 0. The first kappa shape index (κ1) is 14.2. The minimum atomic E-state index is 0.852. The Labute approximate surface area is 106 Å². The van der Waals surface area contributed by atoms with Gasteiger partial charge in [-0.2, -0.15) is 0 Å². The van der Waals surface area contributed by atoms with Gasteiger partial charge >= 0.3 is 0 Å². The molecule has 0 saturated heterocycles. The molecule has 0 radical (unpaired) electrons. The quantitative estimate of drug-likeness (QED) is 0.627. The summed E-state index contributed by atoms with van der Waals surface area (Å²) in [6, 6.07) is 4.19. The van der Waals surface area contributed by atoms with Crippen molar-refractivity contribution in [1.29, 1.82) is 0 Å². The van der Waals surface area contributed by atoms with E-state index < -0.39 is 0 Å². The molecule has 1 heterocycles. The zero-order valence-electron chi connectivity index (χ0n) is 10.9. The summed E-state index contributed by atoms with van der Waals surface area (Å²) in [5.74, 6) is 0. The smallest absolute Gasteiger partial charge is 0.0299 e. The second-order valence-electron chi connectivity index (χ2n) is 4.73. The average Bonchev–Trinajstić information content (AvgIpc) is 2.38. The molecule has 1 aromatic heterocycles. The van der Waals surface area contributed by atoms with Gasteiger partial charge in [-0.05, 0) is 37.4 Å². The Balaban J connectivity index is 1.85. The molecule has 0 fully saturated rings. The van der Waals surface area contributed by atoms with Crippen molar-refractivity contribution in [3.8, 4) is 0 Å². The Hall–Kier alpha value is -0.890. The highest BCUT2D eigenvalue weighted by molar-refractivity contribution is 5.08. The van der Waals surface area contributed by atoms with E-state index in [1.54, 1.807) is 0 Å². The fraction of sp³-hybridized carbons (Fsp3) is 0.667. The van der Waals surface area contributed by atoms with E-state index in [-0.39, 0.29) is 0 Å². The fourth-order valence-corrected chi connectivity index (χ4v) is 2.08. The highest BCUT2D eigenvalue weighted by atomic mass is 14.6. The monoisotopic (exact) mass is 234 g/mol. The van der Waals surface area contributed by atoms with E-state index in [2.05, 4.69) is 11.1 Å². The third-order valence-electron chi connectivity index (χ3n) is 3.14. The summed E-state index contributed by atoms with van der Waals surface area (Å²) in [6.45, 7) is 0.852. The van der Waals surface area contributed by atoms with Crippen LogP contribution in [0.15, 0.2) is 24.5 Å². The van der Waals surface area contributed by atoms with Crippen molar-refractivity contribution in [2.24, 2.45) is 5.73 Å². The Morgan fingerprint density at radius 2 is 1.53 bits per heavy atom. The predicted octanol–water partition coefficient (Wildman–Crippen LogP) is 3.70. The van der Waals surface area contributed by atoms with Crippen LogP contribution in [0.4, 0.5) is 0 Å². The highest BCUT2D eigenvalue weighted by Gasteiger charge is 1.94. The van der Waals surface area contributed by atoms with E-state index in [1.165, 1.54) is 63.4 Å². The van der Waals surface area contributed by atoms with Gasteiger partial charge in [0, 0.05) is 12.4 Å². The number of aryl methyl sites for hydroxylation is 1. The predicted molar refractivity (Wildman–Crippen MR) is 73.9 cm³/mol. The zero-order chi connectivity index (χ0) is 12.2. The highest BCUT2D eigenvalue weighted by Crippen LogP contribution is 2.10. The van der Waals surface area contributed by atoms with Crippen LogP contribution in [0.25, 0.3) is 0 Å². The van der Waals surface area contributed by atoms with Gasteiger partial charge in [-0.15, -0.1) is 0 Å². The van der Waals surface area contributed by atoms with Crippen molar-refractivity contribution in [2.45, 2.75) is 57.8 Å². The molecule has 96 valence electrons. The molecule has 2 N–H and O–H groups in total. The van der Waals surface area contributed by atoms with E-state index in [9.17, 15) is 0 Å². The molecular weight excluding hydrogens is 208 g/mol. The Morgan fingerprint density at radius 1 is 0.882 bits per heavy atom. The van der Waals surface area contributed by atoms with Crippen LogP contribution in [0.2, 0.25) is 0 Å². The number of nitrogens with two attached hydrogens (primary N) is 1. The molecule has 0 aromatic carbocycles. The first-order valence-corrected chi connectivity index (χ1v) is 7.02. The number of rotatable bonds is 10. The Bertz CT molecular complexity index is 259. The van der Waals surface area contributed by atoms with Gasteiger partial charge in [0.25, 0.3) is 0 Å². The van der Waals surface area contributed by atoms with E-state index in [0.717, 1.165) is 6.54 Å². The second-order valence-corrected chi connectivity index (χ2v) is 4.73.